The maximum atomic E-state index is 13.1. The average molecular weight is 402 g/mol. The van der Waals surface area contributed by atoms with Gasteiger partial charge in [0.2, 0.25) is 11.8 Å². The third kappa shape index (κ3) is 4.97. The van der Waals surface area contributed by atoms with Gasteiger partial charge in [0.1, 0.15) is 5.82 Å². The first-order chi connectivity index (χ1) is 14.0. The molecule has 6 heteroatoms. The van der Waals surface area contributed by atoms with E-state index in [9.17, 15) is 14.0 Å². The van der Waals surface area contributed by atoms with Gasteiger partial charge in [0.15, 0.2) is 0 Å². The Morgan fingerprint density at radius 2 is 1.69 bits per heavy atom. The van der Waals surface area contributed by atoms with Crippen LogP contribution in [0, 0.1) is 17.7 Å². The Labute approximate surface area is 172 Å². The van der Waals surface area contributed by atoms with Crippen molar-refractivity contribution in [1.82, 2.24) is 14.7 Å². The van der Waals surface area contributed by atoms with E-state index in [1.807, 2.05) is 7.05 Å². The molecule has 1 unspecified atom stereocenters. The summed E-state index contributed by atoms with van der Waals surface area (Å²) in [6.45, 7) is 4.09. The Kier molecular flexibility index (Phi) is 6.18. The zero-order valence-electron chi connectivity index (χ0n) is 17.4. The number of likely N-dealkylation sites (tertiary alicyclic amines) is 2. The summed E-state index contributed by atoms with van der Waals surface area (Å²) in [4.78, 5) is 31.6. The van der Waals surface area contributed by atoms with Gasteiger partial charge in [0.25, 0.3) is 0 Å². The van der Waals surface area contributed by atoms with Gasteiger partial charge in [0, 0.05) is 45.2 Å². The van der Waals surface area contributed by atoms with E-state index >= 15 is 0 Å². The molecule has 0 radical (unpaired) electrons. The predicted octanol–water partition coefficient (Wildman–Crippen LogP) is 2.90. The van der Waals surface area contributed by atoms with Crippen LogP contribution in [-0.2, 0) is 16.1 Å². The highest BCUT2D eigenvalue weighted by molar-refractivity contribution is 5.81. The fraction of sp³-hybridized carbons (Fsp3) is 0.652. The largest absolute Gasteiger partial charge is 0.342 e. The van der Waals surface area contributed by atoms with Crippen LogP contribution < -0.4 is 0 Å². The van der Waals surface area contributed by atoms with E-state index in [1.165, 1.54) is 12.1 Å². The SMILES string of the molecule is CN(Cc1ccc(F)cc1)C(=O)C1CCCN(C2CCN(C(=O)C3CC3)CC2)C1. The van der Waals surface area contributed by atoms with Crippen molar-refractivity contribution in [2.24, 2.45) is 11.8 Å². The van der Waals surface area contributed by atoms with E-state index in [0.717, 1.165) is 70.3 Å². The van der Waals surface area contributed by atoms with Gasteiger partial charge in [-0.3, -0.25) is 14.5 Å². The van der Waals surface area contributed by atoms with Crippen molar-refractivity contribution in [2.75, 3.05) is 33.2 Å². The number of halogens is 1. The summed E-state index contributed by atoms with van der Waals surface area (Å²) in [5.74, 6) is 0.619. The fourth-order valence-electron chi connectivity index (χ4n) is 4.83. The van der Waals surface area contributed by atoms with Crippen LogP contribution in [0.4, 0.5) is 4.39 Å². The van der Waals surface area contributed by atoms with E-state index in [2.05, 4.69) is 9.80 Å². The van der Waals surface area contributed by atoms with Gasteiger partial charge in [0.05, 0.1) is 5.92 Å². The molecule has 3 aliphatic rings. The molecular formula is C23H32FN3O2. The molecule has 1 atom stereocenters. The van der Waals surface area contributed by atoms with Gasteiger partial charge in [-0.05, 0) is 62.8 Å². The van der Waals surface area contributed by atoms with E-state index in [-0.39, 0.29) is 17.6 Å². The number of rotatable bonds is 5. The molecule has 2 saturated heterocycles. The van der Waals surface area contributed by atoms with Crippen molar-refractivity contribution >= 4 is 11.8 Å². The minimum Gasteiger partial charge on any atom is -0.342 e. The molecule has 0 N–H and O–H groups in total. The Morgan fingerprint density at radius 1 is 1.00 bits per heavy atom. The molecule has 1 aromatic rings. The van der Waals surface area contributed by atoms with E-state index in [1.54, 1.807) is 17.0 Å². The van der Waals surface area contributed by atoms with Gasteiger partial charge in [-0.25, -0.2) is 4.39 Å². The van der Waals surface area contributed by atoms with Crippen molar-refractivity contribution in [3.8, 4) is 0 Å². The molecule has 1 aromatic carbocycles. The van der Waals surface area contributed by atoms with Crippen molar-refractivity contribution in [3.05, 3.63) is 35.6 Å². The predicted molar refractivity (Wildman–Crippen MR) is 109 cm³/mol. The molecule has 2 amide bonds. The number of carbonyl (C=O) groups excluding carboxylic acids is 2. The lowest BCUT2D eigenvalue weighted by Crippen LogP contribution is -2.51. The van der Waals surface area contributed by atoms with Crippen molar-refractivity contribution in [2.45, 2.75) is 51.1 Å². The van der Waals surface area contributed by atoms with Crippen LogP contribution >= 0.6 is 0 Å². The topological polar surface area (TPSA) is 43.9 Å². The summed E-state index contributed by atoms with van der Waals surface area (Å²) >= 11 is 0. The molecule has 2 heterocycles. The number of amides is 2. The second-order valence-corrected chi connectivity index (χ2v) is 8.99. The zero-order valence-corrected chi connectivity index (χ0v) is 17.4. The molecule has 29 heavy (non-hydrogen) atoms. The van der Waals surface area contributed by atoms with Gasteiger partial charge in [-0.15, -0.1) is 0 Å². The summed E-state index contributed by atoms with van der Waals surface area (Å²) in [6.07, 6.45) is 6.15. The average Bonchev–Trinajstić information content (AvgIpc) is 3.60. The maximum Gasteiger partial charge on any atom is 0.227 e. The molecule has 1 aliphatic carbocycles. The number of benzene rings is 1. The fourth-order valence-corrected chi connectivity index (χ4v) is 4.83. The Bertz CT molecular complexity index is 726. The molecule has 2 aliphatic heterocycles. The number of nitrogens with zero attached hydrogens (tertiary/aromatic N) is 3. The summed E-state index contributed by atoms with van der Waals surface area (Å²) in [5, 5.41) is 0. The highest BCUT2D eigenvalue weighted by Gasteiger charge is 2.37. The Balaban J connectivity index is 1.28. The molecule has 1 saturated carbocycles. The molecule has 0 spiro atoms. The maximum absolute atomic E-state index is 13.1. The molecule has 0 bridgehead atoms. The van der Waals surface area contributed by atoms with E-state index in [4.69, 9.17) is 0 Å². The lowest BCUT2D eigenvalue weighted by Gasteiger charge is -2.42. The lowest BCUT2D eigenvalue weighted by atomic mass is 9.92. The normalized spacial score (nSPS) is 23.8. The van der Waals surface area contributed by atoms with Crippen molar-refractivity contribution in [1.29, 1.82) is 0 Å². The molecule has 0 aromatic heterocycles. The second kappa shape index (κ2) is 8.82. The molecule has 5 nitrogen and oxygen atoms in total. The summed E-state index contributed by atoms with van der Waals surface area (Å²) in [5.41, 5.74) is 0.947. The molecule has 158 valence electrons. The van der Waals surface area contributed by atoms with Crippen LogP contribution in [0.25, 0.3) is 0 Å². The summed E-state index contributed by atoms with van der Waals surface area (Å²) in [6, 6.07) is 6.84. The number of piperidine rings is 2. The Morgan fingerprint density at radius 3 is 2.34 bits per heavy atom. The highest BCUT2D eigenvalue weighted by Crippen LogP contribution is 2.33. The second-order valence-electron chi connectivity index (χ2n) is 8.99. The first-order valence-corrected chi connectivity index (χ1v) is 11.0. The van der Waals surface area contributed by atoms with Crippen LogP contribution in [0.3, 0.4) is 0 Å². The van der Waals surface area contributed by atoms with E-state index in [0.29, 0.717) is 24.4 Å². The molecule has 3 fully saturated rings. The molecule has 4 rings (SSSR count). The summed E-state index contributed by atoms with van der Waals surface area (Å²) < 4.78 is 13.1. The van der Waals surface area contributed by atoms with Crippen LogP contribution in [0.2, 0.25) is 0 Å². The Hall–Kier alpha value is -1.95. The highest BCUT2D eigenvalue weighted by atomic mass is 19.1. The van der Waals surface area contributed by atoms with Crippen molar-refractivity contribution < 1.29 is 14.0 Å². The number of hydrogen-bond acceptors (Lipinski definition) is 3. The third-order valence-electron chi connectivity index (χ3n) is 6.73. The number of hydrogen-bond donors (Lipinski definition) is 0. The van der Waals surface area contributed by atoms with Crippen LogP contribution in [0.15, 0.2) is 24.3 Å². The minimum absolute atomic E-state index is 0.0281. The number of carbonyl (C=O) groups is 2. The lowest BCUT2D eigenvalue weighted by molar-refractivity contribution is -0.137. The first kappa shape index (κ1) is 20.3. The monoisotopic (exact) mass is 401 g/mol. The van der Waals surface area contributed by atoms with Gasteiger partial charge >= 0.3 is 0 Å². The van der Waals surface area contributed by atoms with Crippen LogP contribution in [0.1, 0.15) is 44.1 Å². The van der Waals surface area contributed by atoms with Crippen LogP contribution in [0.5, 0.6) is 0 Å². The standard InChI is InChI=1S/C23H32FN3O2/c1-25(15-17-4-8-20(24)9-5-17)22(28)19-3-2-12-27(16-19)21-10-13-26(14-11-21)23(29)18-6-7-18/h4-5,8-9,18-19,21H,2-3,6-7,10-16H2,1H3. The van der Waals surface area contributed by atoms with Gasteiger partial charge in [-0.2, -0.15) is 0 Å². The van der Waals surface area contributed by atoms with Crippen LogP contribution in [-0.4, -0.2) is 65.8 Å². The van der Waals surface area contributed by atoms with E-state index < -0.39 is 0 Å². The minimum atomic E-state index is -0.254. The quantitative estimate of drug-likeness (QED) is 0.762. The molecular weight excluding hydrogens is 369 g/mol. The van der Waals surface area contributed by atoms with Gasteiger partial charge < -0.3 is 9.80 Å². The van der Waals surface area contributed by atoms with Gasteiger partial charge in [-0.1, -0.05) is 12.1 Å². The third-order valence-corrected chi connectivity index (χ3v) is 6.73. The van der Waals surface area contributed by atoms with Crippen molar-refractivity contribution in [3.63, 3.8) is 0 Å². The summed E-state index contributed by atoms with van der Waals surface area (Å²) in [7, 11) is 1.84. The first-order valence-electron chi connectivity index (χ1n) is 11.0. The zero-order chi connectivity index (χ0) is 20.4. The smallest absolute Gasteiger partial charge is 0.227 e.